The standard InChI is InChI=1S/C18H19FN2O2/c1-12-8-13(2)10-14(9-12)18(23)21(3)11-17(22)20-16-6-4-15(19)5-7-16/h4-10H,11H2,1-3H3,(H,20,22). The van der Waals surface area contributed by atoms with E-state index < -0.39 is 0 Å². The van der Waals surface area contributed by atoms with Crippen molar-refractivity contribution >= 4 is 17.5 Å². The predicted molar refractivity (Wildman–Crippen MR) is 87.9 cm³/mol. The van der Waals surface area contributed by atoms with Crippen LogP contribution in [0.4, 0.5) is 10.1 Å². The van der Waals surface area contributed by atoms with Crippen LogP contribution >= 0.6 is 0 Å². The smallest absolute Gasteiger partial charge is 0.254 e. The van der Waals surface area contributed by atoms with E-state index in [1.807, 2.05) is 19.9 Å². The average Bonchev–Trinajstić information content (AvgIpc) is 2.47. The van der Waals surface area contributed by atoms with E-state index in [1.165, 1.54) is 29.2 Å². The van der Waals surface area contributed by atoms with Crippen LogP contribution in [0.15, 0.2) is 42.5 Å². The van der Waals surface area contributed by atoms with Gasteiger partial charge in [0.2, 0.25) is 5.91 Å². The van der Waals surface area contributed by atoms with Gasteiger partial charge < -0.3 is 10.2 Å². The quantitative estimate of drug-likeness (QED) is 0.942. The molecule has 1 N–H and O–H groups in total. The van der Waals surface area contributed by atoms with Crippen molar-refractivity contribution in [1.82, 2.24) is 4.90 Å². The zero-order valence-corrected chi connectivity index (χ0v) is 13.4. The van der Waals surface area contributed by atoms with Crippen molar-refractivity contribution in [2.45, 2.75) is 13.8 Å². The van der Waals surface area contributed by atoms with Gasteiger partial charge in [0.05, 0.1) is 6.54 Å². The molecule has 0 unspecified atom stereocenters. The van der Waals surface area contributed by atoms with Crippen molar-refractivity contribution in [3.63, 3.8) is 0 Å². The van der Waals surface area contributed by atoms with Gasteiger partial charge in [0.25, 0.3) is 5.91 Å². The average molecular weight is 314 g/mol. The van der Waals surface area contributed by atoms with Crippen molar-refractivity contribution in [3.05, 3.63) is 65.0 Å². The predicted octanol–water partition coefficient (Wildman–Crippen LogP) is 3.15. The maximum absolute atomic E-state index is 12.8. The Morgan fingerprint density at radius 1 is 1.04 bits per heavy atom. The van der Waals surface area contributed by atoms with Crippen LogP contribution in [0.1, 0.15) is 21.5 Å². The maximum Gasteiger partial charge on any atom is 0.254 e. The maximum atomic E-state index is 12.8. The third kappa shape index (κ3) is 4.64. The van der Waals surface area contributed by atoms with Gasteiger partial charge in [-0.25, -0.2) is 4.39 Å². The summed E-state index contributed by atoms with van der Waals surface area (Å²) in [6, 6.07) is 11.0. The molecule has 2 amide bonds. The Kier molecular flexibility index (Phi) is 5.11. The molecule has 0 radical (unpaired) electrons. The molecule has 23 heavy (non-hydrogen) atoms. The summed E-state index contributed by atoms with van der Waals surface area (Å²) >= 11 is 0. The largest absolute Gasteiger partial charge is 0.332 e. The summed E-state index contributed by atoms with van der Waals surface area (Å²) in [5.41, 5.74) is 3.04. The van der Waals surface area contributed by atoms with Gasteiger partial charge >= 0.3 is 0 Å². The van der Waals surface area contributed by atoms with Gasteiger partial charge in [-0.2, -0.15) is 0 Å². The van der Waals surface area contributed by atoms with E-state index in [-0.39, 0.29) is 24.2 Å². The first-order valence-corrected chi connectivity index (χ1v) is 7.24. The summed E-state index contributed by atoms with van der Waals surface area (Å²) in [4.78, 5) is 25.7. The molecule has 0 bridgehead atoms. The lowest BCUT2D eigenvalue weighted by molar-refractivity contribution is -0.116. The summed E-state index contributed by atoms with van der Waals surface area (Å²) in [7, 11) is 1.57. The molecule has 0 fully saturated rings. The van der Waals surface area contributed by atoms with Crippen LogP contribution in [0, 0.1) is 19.7 Å². The molecule has 0 aliphatic heterocycles. The topological polar surface area (TPSA) is 49.4 Å². The summed E-state index contributed by atoms with van der Waals surface area (Å²) in [6.07, 6.45) is 0. The molecular weight excluding hydrogens is 295 g/mol. The molecule has 2 aromatic carbocycles. The molecule has 0 spiro atoms. The number of anilines is 1. The van der Waals surface area contributed by atoms with Crippen LogP contribution in [-0.2, 0) is 4.79 Å². The van der Waals surface area contributed by atoms with Gasteiger partial charge in [-0.3, -0.25) is 9.59 Å². The van der Waals surface area contributed by atoms with E-state index >= 15 is 0 Å². The van der Waals surface area contributed by atoms with E-state index in [2.05, 4.69) is 5.32 Å². The first-order valence-electron chi connectivity index (χ1n) is 7.24. The van der Waals surface area contributed by atoms with Gasteiger partial charge in [0.15, 0.2) is 0 Å². The normalized spacial score (nSPS) is 10.3. The second-order valence-electron chi connectivity index (χ2n) is 5.59. The van der Waals surface area contributed by atoms with Gasteiger partial charge in [-0.15, -0.1) is 0 Å². The van der Waals surface area contributed by atoms with E-state index in [1.54, 1.807) is 19.2 Å². The number of carbonyl (C=O) groups excluding carboxylic acids is 2. The van der Waals surface area contributed by atoms with Crippen LogP contribution < -0.4 is 5.32 Å². The van der Waals surface area contributed by atoms with Crippen LogP contribution in [0.2, 0.25) is 0 Å². The number of amides is 2. The highest BCUT2D eigenvalue weighted by Crippen LogP contribution is 2.12. The molecule has 0 heterocycles. The molecule has 0 atom stereocenters. The number of nitrogens with zero attached hydrogens (tertiary/aromatic N) is 1. The van der Waals surface area contributed by atoms with E-state index in [9.17, 15) is 14.0 Å². The van der Waals surface area contributed by atoms with Gasteiger partial charge in [-0.1, -0.05) is 17.2 Å². The number of nitrogens with one attached hydrogen (secondary N) is 1. The van der Waals surface area contributed by atoms with Crippen LogP contribution in [-0.4, -0.2) is 30.3 Å². The summed E-state index contributed by atoms with van der Waals surface area (Å²) in [5.74, 6) is -0.923. The molecule has 0 aliphatic carbocycles. The number of aryl methyl sites for hydroxylation is 2. The lowest BCUT2D eigenvalue weighted by Gasteiger charge is -2.17. The van der Waals surface area contributed by atoms with E-state index in [0.717, 1.165) is 11.1 Å². The number of benzene rings is 2. The SMILES string of the molecule is Cc1cc(C)cc(C(=O)N(C)CC(=O)Nc2ccc(F)cc2)c1. The number of hydrogen-bond donors (Lipinski definition) is 1. The zero-order chi connectivity index (χ0) is 17.0. The lowest BCUT2D eigenvalue weighted by atomic mass is 10.1. The highest BCUT2D eigenvalue weighted by atomic mass is 19.1. The number of halogens is 1. The lowest BCUT2D eigenvalue weighted by Crippen LogP contribution is -2.35. The minimum atomic E-state index is -0.370. The number of likely N-dealkylation sites (N-methyl/N-ethyl adjacent to an activating group) is 1. The van der Waals surface area contributed by atoms with Gasteiger partial charge in [0, 0.05) is 18.3 Å². The molecule has 2 rings (SSSR count). The molecular formula is C18H19FN2O2. The third-order valence-corrected chi connectivity index (χ3v) is 3.32. The molecule has 0 aliphatic rings. The summed E-state index contributed by atoms with van der Waals surface area (Å²) in [6.45, 7) is 3.76. The molecule has 120 valence electrons. The molecule has 0 saturated heterocycles. The van der Waals surface area contributed by atoms with Gasteiger partial charge in [-0.05, 0) is 50.2 Å². The molecule has 0 saturated carbocycles. The Morgan fingerprint density at radius 3 is 2.17 bits per heavy atom. The van der Waals surface area contributed by atoms with Crippen LogP contribution in [0.3, 0.4) is 0 Å². The van der Waals surface area contributed by atoms with Crippen molar-refractivity contribution in [1.29, 1.82) is 0 Å². The molecule has 4 nitrogen and oxygen atoms in total. The van der Waals surface area contributed by atoms with Crippen molar-refractivity contribution < 1.29 is 14.0 Å². The summed E-state index contributed by atoms with van der Waals surface area (Å²) in [5, 5.41) is 2.63. The minimum Gasteiger partial charge on any atom is -0.332 e. The highest BCUT2D eigenvalue weighted by Gasteiger charge is 2.15. The van der Waals surface area contributed by atoms with Crippen molar-refractivity contribution in [3.8, 4) is 0 Å². The molecule has 2 aromatic rings. The Hall–Kier alpha value is -2.69. The monoisotopic (exact) mass is 314 g/mol. The second kappa shape index (κ2) is 7.05. The fourth-order valence-corrected chi connectivity index (χ4v) is 2.34. The van der Waals surface area contributed by atoms with Crippen LogP contribution in [0.25, 0.3) is 0 Å². The first kappa shape index (κ1) is 16.7. The minimum absolute atomic E-state index is 0.0802. The number of rotatable bonds is 4. The Labute approximate surface area is 134 Å². The zero-order valence-electron chi connectivity index (χ0n) is 13.4. The Morgan fingerprint density at radius 2 is 1.61 bits per heavy atom. The molecule has 0 aromatic heterocycles. The molecule has 5 heteroatoms. The number of carbonyl (C=O) groups is 2. The van der Waals surface area contributed by atoms with Crippen molar-refractivity contribution in [2.75, 3.05) is 18.9 Å². The Bertz CT molecular complexity index is 706. The van der Waals surface area contributed by atoms with Crippen LogP contribution in [0.5, 0.6) is 0 Å². The van der Waals surface area contributed by atoms with Gasteiger partial charge in [0.1, 0.15) is 5.82 Å². The van der Waals surface area contributed by atoms with E-state index in [4.69, 9.17) is 0 Å². The van der Waals surface area contributed by atoms with E-state index in [0.29, 0.717) is 11.3 Å². The summed E-state index contributed by atoms with van der Waals surface area (Å²) < 4.78 is 12.8. The number of hydrogen-bond acceptors (Lipinski definition) is 2. The highest BCUT2D eigenvalue weighted by molar-refractivity contribution is 5.99. The Balaban J connectivity index is 1.99. The fraction of sp³-hybridized carbons (Fsp3) is 0.222. The van der Waals surface area contributed by atoms with Crippen molar-refractivity contribution in [2.24, 2.45) is 0 Å². The second-order valence-corrected chi connectivity index (χ2v) is 5.59. The first-order chi connectivity index (χ1) is 10.8. The third-order valence-electron chi connectivity index (χ3n) is 3.32. The fourth-order valence-electron chi connectivity index (χ4n) is 2.34.